The molecule has 0 radical (unpaired) electrons. The summed E-state index contributed by atoms with van der Waals surface area (Å²) < 4.78 is 16.3. The topological polar surface area (TPSA) is 77.1 Å². The van der Waals surface area contributed by atoms with E-state index in [-0.39, 0.29) is 17.6 Å². The van der Waals surface area contributed by atoms with Gasteiger partial charge in [0.1, 0.15) is 5.75 Å². The zero-order valence-electron chi connectivity index (χ0n) is 21.4. The number of carbonyl (C=O) groups excluding carboxylic acids is 2. The summed E-state index contributed by atoms with van der Waals surface area (Å²) in [6, 6.07) is 20.5. The molecule has 7 heteroatoms. The van der Waals surface area contributed by atoms with Crippen LogP contribution in [0.2, 0.25) is 0 Å². The van der Waals surface area contributed by atoms with Crippen molar-refractivity contribution in [3.05, 3.63) is 89.1 Å². The fraction of sp³-hybridized carbons (Fsp3) is 0.267. The van der Waals surface area contributed by atoms with Crippen LogP contribution in [0.5, 0.6) is 17.2 Å². The molecule has 37 heavy (non-hydrogen) atoms. The van der Waals surface area contributed by atoms with Gasteiger partial charge in [-0.2, -0.15) is 0 Å². The van der Waals surface area contributed by atoms with E-state index in [1.54, 1.807) is 26.2 Å². The highest BCUT2D eigenvalue weighted by Gasteiger charge is 2.41. The van der Waals surface area contributed by atoms with Crippen LogP contribution in [0.3, 0.4) is 0 Å². The van der Waals surface area contributed by atoms with Crippen LogP contribution in [0.1, 0.15) is 42.9 Å². The number of para-hydroxylation sites is 2. The molecule has 0 spiro atoms. The number of methoxy groups -OCH3 is 3. The van der Waals surface area contributed by atoms with Gasteiger partial charge >= 0.3 is 0 Å². The quantitative estimate of drug-likeness (QED) is 0.491. The summed E-state index contributed by atoms with van der Waals surface area (Å²) >= 11 is 0. The van der Waals surface area contributed by atoms with Gasteiger partial charge in [0.15, 0.2) is 17.3 Å². The summed E-state index contributed by atoms with van der Waals surface area (Å²) in [5.41, 5.74) is 4.78. The minimum atomic E-state index is -0.618. The molecule has 0 aromatic heterocycles. The lowest BCUT2D eigenvalue weighted by atomic mass is 9.78. The van der Waals surface area contributed by atoms with E-state index < -0.39 is 6.04 Å². The van der Waals surface area contributed by atoms with E-state index in [4.69, 9.17) is 14.2 Å². The molecular formula is C30H30N2O5. The zero-order chi connectivity index (χ0) is 26.1. The second kappa shape index (κ2) is 10.0. The second-order valence-corrected chi connectivity index (χ2v) is 9.24. The van der Waals surface area contributed by atoms with Crippen molar-refractivity contribution in [1.82, 2.24) is 0 Å². The Hall–Kier alpha value is -4.26. The third kappa shape index (κ3) is 4.42. The Morgan fingerprint density at radius 2 is 1.57 bits per heavy atom. The van der Waals surface area contributed by atoms with Crippen molar-refractivity contribution in [2.24, 2.45) is 0 Å². The van der Waals surface area contributed by atoms with Gasteiger partial charge in [0, 0.05) is 24.6 Å². The van der Waals surface area contributed by atoms with E-state index in [9.17, 15) is 9.59 Å². The maximum atomic E-state index is 14.0. The predicted octanol–water partition coefficient (Wildman–Crippen LogP) is 5.63. The number of allylic oxidation sites excluding steroid dienone is 1. The molecule has 0 fully saturated rings. The number of hydrogen-bond acceptors (Lipinski definition) is 6. The van der Waals surface area contributed by atoms with Gasteiger partial charge in [-0.3, -0.25) is 14.5 Å². The van der Waals surface area contributed by atoms with Gasteiger partial charge in [0.05, 0.1) is 38.7 Å². The van der Waals surface area contributed by atoms with Crippen LogP contribution in [-0.4, -0.2) is 33.0 Å². The Balaban J connectivity index is 1.68. The first-order chi connectivity index (χ1) is 17.9. The highest BCUT2D eigenvalue weighted by Crippen LogP contribution is 2.48. The van der Waals surface area contributed by atoms with Crippen molar-refractivity contribution in [3.63, 3.8) is 0 Å². The number of nitrogens with zero attached hydrogens (tertiary/aromatic N) is 1. The molecule has 7 nitrogen and oxygen atoms in total. The molecule has 1 heterocycles. The molecule has 1 amide bonds. The van der Waals surface area contributed by atoms with Crippen molar-refractivity contribution >= 4 is 23.1 Å². The fourth-order valence-electron chi connectivity index (χ4n) is 5.39. The molecular weight excluding hydrogens is 468 g/mol. The zero-order valence-corrected chi connectivity index (χ0v) is 21.4. The highest BCUT2D eigenvalue weighted by molar-refractivity contribution is 6.06. The van der Waals surface area contributed by atoms with E-state index >= 15 is 0 Å². The van der Waals surface area contributed by atoms with Gasteiger partial charge in [-0.1, -0.05) is 30.3 Å². The summed E-state index contributed by atoms with van der Waals surface area (Å²) in [5, 5.41) is 3.53. The summed E-state index contributed by atoms with van der Waals surface area (Å²) in [6.07, 6.45) is 0.982. The molecule has 3 aromatic rings. The number of ketones is 1. The van der Waals surface area contributed by atoms with Crippen LogP contribution in [0, 0.1) is 0 Å². The fourth-order valence-corrected chi connectivity index (χ4v) is 5.39. The molecule has 2 unspecified atom stereocenters. The summed E-state index contributed by atoms with van der Waals surface area (Å²) in [4.78, 5) is 28.9. The first-order valence-corrected chi connectivity index (χ1v) is 12.2. The number of Topliss-reactive ketones (excluding diaryl/α,β-unsaturated/α-hetero) is 1. The standard InChI is InChI=1S/C30H30N2O5/c1-18(33)32-25-8-6-5-7-23(25)31-24-15-21(19-9-12-22(35-2)13-10-19)16-26(34)29(24)30(32)20-11-14-27(36-3)28(17-20)37-4/h5-14,17,21,30-31H,15-16H2,1-4H3. The third-order valence-corrected chi connectivity index (χ3v) is 7.14. The third-order valence-electron chi connectivity index (χ3n) is 7.14. The smallest absolute Gasteiger partial charge is 0.224 e. The van der Waals surface area contributed by atoms with Gasteiger partial charge in [-0.25, -0.2) is 0 Å². The Morgan fingerprint density at radius 1 is 0.865 bits per heavy atom. The van der Waals surface area contributed by atoms with Crippen LogP contribution in [-0.2, 0) is 9.59 Å². The number of nitrogens with one attached hydrogen (secondary N) is 1. The molecule has 190 valence electrons. The summed E-state index contributed by atoms with van der Waals surface area (Å²) in [7, 11) is 4.79. The lowest BCUT2D eigenvalue weighted by Crippen LogP contribution is -2.37. The normalized spacial score (nSPS) is 18.8. The van der Waals surface area contributed by atoms with Crippen LogP contribution < -0.4 is 24.4 Å². The van der Waals surface area contributed by atoms with E-state index in [1.807, 2.05) is 66.7 Å². The van der Waals surface area contributed by atoms with Gasteiger partial charge in [0.2, 0.25) is 5.91 Å². The number of rotatable bonds is 5. The number of anilines is 2. The number of hydrogen-bond donors (Lipinski definition) is 1. The summed E-state index contributed by atoms with van der Waals surface area (Å²) in [6.45, 7) is 1.53. The molecule has 2 aliphatic rings. The molecule has 1 aliphatic carbocycles. The van der Waals surface area contributed by atoms with Gasteiger partial charge in [0.25, 0.3) is 0 Å². The van der Waals surface area contributed by atoms with Crippen molar-refractivity contribution in [2.45, 2.75) is 31.7 Å². The Labute approximate surface area is 216 Å². The average Bonchev–Trinajstić information content (AvgIpc) is 3.07. The number of fused-ring (bicyclic) bond motifs is 1. The van der Waals surface area contributed by atoms with Crippen molar-refractivity contribution < 1.29 is 23.8 Å². The van der Waals surface area contributed by atoms with Crippen LogP contribution >= 0.6 is 0 Å². The second-order valence-electron chi connectivity index (χ2n) is 9.24. The van der Waals surface area contributed by atoms with E-state index in [2.05, 4.69) is 5.32 Å². The van der Waals surface area contributed by atoms with Crippen LogP contribution in [0.15, 0.2) is 78.0 Å². The number of carbonyl (C=O) groups is 2. The maximum absolute atomic E-state index is 14.0. The molecule has 2 atom stereocenters. The van der Waals surface area contributed by atoms with Crippen molar-refractivity contribution in [1.29, 1.82) is 0 Å². The molecule has 0 bridgehead atoms. The minimum absolute atomic E-state index is 0.00625. The number of ether oxygens (including phenoxy) is 3. The largest absolute Gasteiger partial charge is 0.497 e. The summed E-state index contributed by atoms with van der Waals surface area (Å²) in [5.74, 6) is 1.75. The average molecular weight is 499 g/mol. The highest BCUT2D eigenvalue weighted by atomic mass is 16.5. The van der Waals surface area contributed by atoms with Crippen LogP contribution in [0.25, 0.3) is 0 Å². The molecule has 0 saturated heterocycles. The number of benzene rings is 3. The molecule has 1 N–H and O–H groups in total. The molecule has 5 rings (SSSR count). The Bertz CT molecular complexity index is 1380. The first kappa shape index (κ1) is 24.4. The molecule has 0 saturated carbocycles. The molecule has 1 aliphatic heterocycles. The van der Waals surface area contributed by atoms with Crippen molar-refractivity contribution in [3.8, 4) is 17.2 Å². The Morgan fingerprint density at radius 3 is 2.24 bits per heavy atom. The first-order valence-electron chi connectivity index (χ1n) is 12.2. The lowest BCUT2D eigenvalue weighted by Gasteiger charge is -2.34. The lowest BCUT2D eigenvalue weighted by molar-refractivity contribution is -0.117. The van der Waals surface area contributed by atoms with Crippen molar-refractivity contribution in [2.75, 3.05) is 31.5 Å². The van der Waals surface area contributed by atoms with E-state index in [0.717, 1.165) is 33.9 Å². The Kier molecular flexibility index (Phi) is 6.61. The van der Waals surface area contributed by atoms with E-state index in [0.29, 0.717) is 29.9 Å². The number of amides is 1. The monoisotopic (exact) mass is 498 g/mol. The predicted molar refractivity (Wildman–Crippen MR) is 143 cm³/mol. The van der Waals surface area contributed by atoms with Gasteiger partial charge < -0.3 is 19.5 Å². The van der Waals surface area contributed by atoms with Crippen LogP contribution in [0.4, 0.5) is 11.4 Å². The maximum Gasteiger partial charge on any atom is 0.224 e. The SMILES string of the molecule is COc1ccc(C2CC(=O)C3=C(C2)Nc2ccccc2N(C(C)=O)C3c2ccc(OC)c(OC)c2)cc1. The van der Waals surface area contributed by atoms with Gasteiger partial charge in [-0.05, 0) is 59.9 Å². The minimum Gasteiger partial charge on any atom is -0.497 e. The van der Waals surface area contributed by atoms with Gasteiger partial charge in [-0.15, -0.1) is 0 Å². The molecule has 3 aromatic carbocycles. The van der Waals surface area contributed by atoms with E-state index in [1.165, 1.54) is 6.92 Å².